The van der Waals surface area contributed by atoms with Gasteiger partial charge in [0.15, 0.2) is 5.96 Å². The number of aromatic nitrogens is 2. The van der Waals surface area contributed by atoms with Crippen molar-refractivity contribution in [1.82, 2.24) is 20.4 Å². The first kappa shape index (κ1) is 21.0. The van der Waals surface area contributed by atoms with Crippen LogP contribution in [0.25, 0.3) is 0 Å². The summed E-state index contributed by atoms with van der Waals surface area (Å²) in [6.45, 7) is 13.9. The summed E-state index contributed by atoms with van der Waals surface area (Å²) in [6, 6.07) is 8.85. The van der Waals surface area contributed by atoms with Gasteiger partial charge in [-0.15, -0.1) is 0 Å². The number of aryl methyl sites for hydroxylation is 3. The number of nitrogens with one attached hydrogen (secondary N) is 2. The summed E-state index contributed by atoms with van der Waals surface area (Å²) in [4.78, 5) is 4.41. The maximum Gasteiger partial charge on any atom is 0.191 e. The third-order valence-corrected chi connectivity index (χ3v) is 5.35. The van der Waals surface area contributed by atoms with Crippen molar-refractivity contribution in [2.24, 2.45) is 12.0 Å². The molecule has 0 fully saturated rings. The van der Waals surface area contributed by atoms with E-state index in [-0.39, 0.29) is 11.5 Å². The Morgan fingerprint density at radius 1 is 1.22 bits per heavy atom. The molecule has 1 heterocycles. The fraction of sp³-hybridized carbons (Fsp3) is 0.545. The Bertz CT molecular complexity index is 801. The lowest BCUT2D eigenvalue weighted by molar-refractivity contribution is 0.502. The molecular formula is C22H35N5. The molecule has 0 saturated heterocycles. The van der Waals surface area contributed by atoms with Crippen molar-refractivity contribution in [3.8, 4) is 0 Å². The summed E-state index contributed by atoms with van der Waals surface area (Å²) in [5.74, 6) is 0.836. The summed E-state index contributed by atoms with van der Waals surface area (Å²) in [5.41, 5.74) is 6.35. The van der Waals surface area contributed by atoms with E-state index >= 15 is 0 Å². The summed E-state index contributed by atoms with van der Waals surface area (Å²) in [7, 11) is 3.82. The minimum atomic E-state index is 0.0166. The van der Waals surface area contributed by atoms with Gasteiger partial charge < -0.3 is 10.6 Å². The zero-order valence-corrected chi connectivity index (χ0v) is 18.1. The van der Waals surface area contributed by atoms with Crippen LogP contribution in [0.4, 0.5) is 0 Å². The minimum Gasteiger partial charge on any atom is -0.356 e. The lowest BCUT2D eigenvalue weighted by atomic mass is 9.82. The van der Waals surface area contributed by atoms with E-state index in [9.17, 15) is 0 Å². The molecular weight excluding hydrogens is 334 g/mol. The fourth-order valence-corrected chi connectivity index (χ4v) is 3.63. The molecule has 2 rings (SSSR count). The normalized spacial score (nSPS) is 13.6. The van der Waals surface area contributed by atoms with Crippen molar-refractivity contribution in [2.45, 2.75) is 59.4 Å². The van der Waals surface area contributed by atoms with E-state index in [0.717, 1.165) is 24.6 Å². The molecule has 0 bridgehead atoms. The highest BCUT2D eigenvalue weighted by Gasteiger charge is 2.23. The number of benzene rings is 1. The number of hydrogen-bond acceptors (Lipinski definition) is 2. The van der Waals surface area contributed by atoms with Crippen LogP contribution >= 0.6 is 0 Å². The van der Waals surface area contributed by atoms with Gasteiger partial charge in [-0.2, -0.15) is 5.10 Å². The van der Waals surface area contributed by atoms with Crippen LogP contribution in [0.5, 0.6) is 0 Å². The molecule has 5 nitrogen and oxygen atoms in total. The quantitative estimate of drug-likeness (QED) is 0.606. The minimum absolute atomic E-state index is 0.0166. The van der Waals surface area contributed by atoms with Crippen LogP contribution < -0.4 is 10.6 Å². The number of rotatable bonds is 6. The summed E-state index contributed by atoms with van der Waals surface area (Å²) >= 11 is 0. The van der Waals surface area contributed by atoms with Gasteiger partial charge in [-0.25, -0.2) is 0 Å². The molecule has 2 aromatic rings. The van der Waals surface area contributed by atoms with Crippen molar-refractivity contribution in [1.29, 1.82) is 0 Å². The van der Waals surface area contributed by atoms with E-state index in [4.69, 9.17) is 0 Å². The Labute approximate surface area is 164 Å². The Balaban J connectivity index is 1.98. The zero-order chi connectivity index (χ0) is 20.2. The zero-order valence-electron chi connectivity index (χ0n) is 18.1. The predicted molar refractivity (Wildman–Crippen MR) is 115 cm³/mol. The molecule has 2 N–H and O–H groups in total. The van der Waals surface area contributed by atoms with Crippen LogP contribution in [0.3, 0.4) is 0 Å². The molecule has 27 heavy (non-hydrogen) atoms. The summed E-state index contributed by atoms with van der Waals surface area (Å²) in [5, 5.41) is 11.5. The van der Waals surface area contributed by atoms with Crippen LogP contribution in [0, 0.1) is 20.8 Å². The highest BCUT2D eigenvalue weighted by Crippen LogP contribution is 2.25. The standard InChI is InChI=1S/C22H35N5/c1-15-11-9-10-12-20(15)22(5,6)14-24-21(23-7)25-16(2)13-19-17(3)26-27(8)18(19)4/h9-12,16H,13-14H2,1-8H3,(H2,23,24,25). The van der Waals surface area contributed by atoms with E-state index < -0.39 is 0 Å². The first-order valence-electron chi connectivity index (χ1n) is 9.68. The van der Waals surface area contributed by atoms with Crippen molar-refractivity contribution < 1.29 is 0 Å². The highest BCUT2D eigenvalue weighted by molar-refractivity contribution is 5.80. The van der Waals surface area contributed by atoms with Gasteiger partial charge in [0.1, 0.15) is 0 Å². The first-order chi connectivity index (χ1) is 12.7. The second-order valence-corrected chi connectivity index (χ2v) is 8.15. The average molecular weight is 370 g/mol. The Morgan fingerprint density at radius 2 is 1.89 bits per heavy atom. The third kappa shape index (κ3) is 5.12. The van der Waals surface area contributed by atoms with Crippen LogP contribution in [-0.2, 0) is 18.9 Å². The topological polar surface area (TPSA) is 54.2 Å². The average Bonchev–Trinajstić information content (AvgIpc) is 2.85. The second-order valence-electron chi connectivity index (χ2n) is 8.15. The van der Waals surface area contributed by atoms with Crippen molar-refractivity contribution in [3.05, 3.63) is 52.3 Å². The molecule has 1 aromatic heterocycles. The van der Waals surface area contributed by atoms with Gasteiger partial charge in [-0.3, -0.25) is 9.67 Å². The van der Waals surface area contributed by atoms with E-state index in [2.05, 4.69) is 86.5 Å². The van der Waals surface area contributed by atoms with Gasteiger partial charge in [-0.05, 0) is 50.8 Å². The van der Waals surface area contributed by atoms with E-state index in [1.54, 1.807) is 0 Å². The Hall–Kier alpha value is -2.30. The molecule has 0 aliphatic heterocycles. The van der Waals surface area contributed by atoms with Crippen LogP contribution in [0.15, 0.2) is 29.3 Å². The van der Waals surface area contributed by atoms with Crippen molar-refractivity contribution in [2.75, 3.05) is 13.6 Å². The largest absolute Gasteiger partial charge is 0.356 e. The lowest BCUT2D eigenvalue weighted by Crippen LogP contribution is -2.47. The van der Waals surface area contributed by atoms with Crippen LogP contribution in [-0.4, -0.2) is 35.4 Å². The smallest absolute Gasteiger partial charge is 0.191 e. The molecule has 1 unspecified atom stereocenters. The maximum absolute atomic E-state index is 4.52. The third-order valence-electron chi connectivity index (χ3n) is 5.35. The second kappa shape index (κ2) is 8.59. The monoisotopic (exact) mass is 369 g/mol. The molecule has 0 aliphatic rings. The molecule has 0 radical (unpaired) electrons. The molecule has 1 atom stereocenters. The van der Waals surface area contributed by atoms with Gasteiger partial charge in [0.25, 0.3) is 0 Å². The highest BCUT2D eigenvalue weighted by atomic mass is 15.3. The van der Waals surface area contributed by atoms with E-state index in [1.165, 1.54) is 22.4 Å². The molecule has 0 saturated carbocycles. The lowest BCUT2D eigenvalue weighted by Gasteiger charge is -2.29. The van der Waals surface area contributed by atoms with Crippen molar-refractivity contribution in [3.63, 3.8) is 0 Å². The van der Waals surface area contributed by atoms with Gasteiger partial charge in [-0.1, -0.05) is 38.1 Å². The molecule has 5 heteroatoms. The van der Waals surface area contributed by atoms with E-state index in [1.807, 2.05) is 18.8 Å². The number of nitrogens with zero attached hydrogens (tertiary/aromatic N) is 3. The Kier molecular flexibility index (Phi) is 6.68. The molecule has 0 amide bonds. The molecule has 148 valence electrons. The summed E-state index contributed by atoms with van der Waals surface area (Å²) in [6.07, 6.45) is 0.924. The number of guanidine groups is 1. The number of aliphatic imine (C=N–C) groups is 1. The van der Waals surface area contributed by atoms with Gasteiger partial charge >= 0.3 is 0 Å². The first-order valence-corrected chi connectivity index (χ1v) is 9.68. The van der Waals surface area contributed by atoms with Gasteiger partial charge in [0.2, 0.25) is 0 Å². The molecule has 0 aliphatic carbocycles. The Morgan fingerprint density at radius 3 is 2.44 bits per heavy atom. The van der Waals surface area contributed by atoms with E-state index in [0.29, 0.717) is 0 Å². The molecule has 0 spiro atoms. The van der Waals surface area contributed by atoms with Gasteiger partial charge in [0, 0.05) is 37.8 Å². The van der Waals surface area contributed by atoms with Crippen molar-refractivity contribution >= 4 is 5.96 Å². The SMILES string of the molecule is CN=C(NCC(C)(C)c1ccccc1C)NC(C)Cc1c(C)nn(C)c1C. The summed E-state index contributed by atoms with van der Waals surface area (Å²) < 4.78 is 1.95. The predicted octanol–water partition coefficient (Wildman–Crippen LogP) is 3.42. The fourth-order valence-electron chi connectivity index (χ4n) is 3.63. The number of hydrogen-bond donors (Lipinski definition) is 2. The van der Waals surface area contributed by atoms with Gasteiger partial charge in [0.05, 0.1) is 5.69 Å². The van der Waals surface area contributed by atoms with Crippen LogP contribution in [0.2, 0.25) is 0 Å². The van der Waals surface area contributed by atoms with Crippen LogP contribution in [0.1, 0.15) is 48.8 Å². The maximum atomic E-state index is 4.52. The molecule has 1 aromatic carbocycles.